The van der Waals surface area contributed by atoms with Crippen molar-refractivity contribution < 1.29 is 9.90 Å². The number of carbonyl (C=O) groups excluding carboxylic acids is 1. The molecule has 1 aromatic rings. The van der Waals surface area contributed by atoms with E-state index in [9.17, 15) is 9.90 Å². The topological polar surface area (TPSA) is 85.2 Å². The van der Waals surface area contributed by atoms with Gasteiger partial charge in [0.2, 0.25) is 5.91 Å². The zero-order valence-corrected chi connectivity index (χ0v) is 11.9. The molecule has 0 fully saturated rings. The number of phenols is 1. The molecular formula is C15H21N3O2. The third-order valence-corrected chi connectivity index (χ3v) is 2.94. The summed E-state index contributed by atoms with van der Waals surface area (Å²) in [5.41, 5.74) is 1.38. The molecule has 20 heavy (non-hydrogen) atoms. The van der Waals surface area contributed by atoms with Crippen LogP contribution in [0.1, 0.15) is 44.7 Å². The van der Waals surface area contributed by atoms with Crippen molar-refractivity contribution in [1.82, 2.24) is 5.32 Å². The second-order valence-corrected chi connectivity index (χ2v) is 4.66. The van der Waals surface area contributed by atoms with E-state index in [-0.39, 0.29) is 17.7 Å². The molecule has 0 aromatic heterocycles. The number of rotatable bonds is 7. The third-order valence-electron chi connectivity index (χ3n) is 2.94. The Balaban J connectivity index is 2.75. The first-order chi connectivity index (χ1) is 9.58. The van der Waals surface area contributed by atoms with Gasteiger partial charge in [0.25, 0.3) is 0 Å². The summed E-state index contributed by atoms with van der Waals surface area (Å²) in [7, 11) is 0. The monoisotopic (exact) mass is 275 g/mol. The minimum Gasteiger partial charge on any atom is -0.508 e. The highest BCUT2D eigenvalue weighted by Crippen LogP contribution is 2.27. The number of anilines is 1. The van der Waals surface area contributed by atoms with Crippen LogP contribution in [-0.4, -0.2) is 17.6 Å². The van der Waals surface area contributed by atoms with Crippen molar-refractivity contribution in [1.29, 1.82) is 5.26 Å². The highest BCUT2D eigenvalue weighted by molar-refractivity contribution is 5.90. The largest absolute Gasteiger partial charge is 0.508 e. The molecule has 0 aliphatic carbocycles. The van der Waals surface area contributed by atoms with E-state index in [0.29, 0.717) is 30.6 Å². The van der Waals surface area contributed by atoms with Gasteiger partial charge in [-0.1, -0.05) is 6.92 Å². The molecule has 1 unspecified atom stereocenters. The molecule has 5 heteroatoms. The zero-order valence-electron chi connectivity index (χ0n) is 11.9. The molecule has 0 saturated carbocycles. The summed E-state index contributed by atoms with van der Waals surface area (Å²) < 4.78 is 0. The molecular weight excluding hydrogens is 254 g/mol. The van der Waals surface area contributed by atoms with Gasteiger partial charge in [0.1, 0.15) is 5.75 Å². The lowest BCUT2D eigenvalue weighted by molar-refractivity contribution is -0.116. The molecule has 0 spiro atoms. The first-order valence-corrected chi connectivity index (χ1v) is 6.81. The maximum Gasteiger partial charge on any atom is 0.224 e. The van der Waals surface area contributed by atoms with Crippen LogP contribution in [0.5, 0.6) is 5.75 Å². The summed E-state index contributed by atoms with van der Waals surface area (Å²) in [5, 5.41) is 24.3. The smallest absolute Gasteiger partial charge is 0.224 e. The fourth-order valence-corrected chi connectivity index (χ4v) is 1.88. The SMILES string of the molecule is CCCC(=O)Nc1ccc(O)c(C(C)NCCC#N)c1. The predicted molar refractivity (Wildman–Crippen MR) is 78.3 cm³/mol. The van der Waals surface area contributed by atoms with E-state index < -0.39 is 0 Å². The summed E-state index contributed by atoms with van der Waals surface area (Å²) in [6.45, 7) is 4.41. The van der Waals surface area contributed by atoms with Crippen LogP contribution in [0, 0.1) is 11.3 Å². The van der Waals surface area contributed by atoms with E-state index in [1.165, 1.54) is 0 Å². The number of aromatic hydroxyl groups is 1. The van der Waals surface area contributed by atoms with Gasteiger partial charge in [-0.3, -0.25) is 4.79 Å². The average Bonchev–Trinajstić information content (AvgIpc) is 2.41. The van der Waals surface area contributed by atoms with Gasteiger partial charge in [-0.15, -0.1) is 0 Å². The van der Waals surface area contributed by atoms with Crippen molar-refractivity contribution >= 4 is 11.6 Å². The zero-order chi connectivity index (χ0) is 15.0. The molecule has 0 aliphatic heterocycles. The quantitative estimate of drug-likeness (QED) is 0.527. The Bertz CT molecular complexity index is 494. The van der Waals surface area contributed by atoms with Gasteiger partial charge in [-0.2, -0.15) is 5.26 Å². The predicted octanol–water partition coefficient (Wildman–Crippen LogP) is 2.70. The van der Waals surface area contributed by atoms with Crippen LogP contribution in [-0.2, 0) is 4.79 Å². The number of hydrogen-bond acceptors (Lipinski definition) is 4. The van der Waals surface area contributed by atoms with Crippen LogP contribution >= 0.6 is 0 Å². The Kier molecular flexibility index (Phi) is 6.54. The summed E-state index contributed by atoms with van der Waals surface area (Å²) in [4.78, 5) is 11.6. The van der Waals surface area contributed by atoms with Crippen molar-refractivity contribution in [2.75, 3.05) is 11.9 Å². The molecule has 1 aromatic carbocycles. The second kappa shape index (κ2) is 8.18. The van der Waals surface area contributed by atoms with Crippen LogP contribution < -0.4 is 10.6 Å². The summed E-state index contributed by atoms with van der Waals surface area (Å²) in [5.74, 6) is 0.143. The van der Waals surface area contributed by atoms with Crippen molar-refractivity contribution in [3.63, 3.8) is 0 Å². The highest BCUT2D eigenvalue weighted by atomic mass is 16.3. The summed E-state index contributed by atoms with van der Waals surface area (Å²) in [6.07, 6.45) is 1.69. The average molecular weight is 275 g/mol. The van der Waals surface area contributed by atoms with E-state index in [1.807, 2.05) is 13.8 Å². The number of nitriles is 1. The minimum absolute atomic E-state index is 0.0331. The van der Waals surface area contributed by atoms with E-state index >= 15 is 0 Å². The van der Waals surface area contributed by atoms with Crippen molar-refractivity contribution in [2.45, 2.75) is 39.2 Å². The lowest BCUT2D eigenvalue weighted by Crippen LogP contribution is -2.20. The van der Waals surface area contributed by atoms with Crippen molar-refractivity contribution in [2.24, 2.45) is 0 Å². The lowest BCUT2D eigenvalue weighted by atomic mass is 10.1. The van der Waals surface area contributed by atoms with Crippen LogP contribution in [0.25, 0.3) is 0 Å². The van der Waals surface area contributed by atoms with Gasteiger partial charge in [0.05, 0.1) is 6.07 Å². The Morgan fingerprint density at radius 3 is 2.90 bits per heavy atom. The van der Waals surface area contributed by atoms with Crippen LogP contribution in [0.4, 0.5) is 5.69 Å². The molecule has 0 bridgehead atoms. The lowest BCUT2D eigenvalue weighted by Gasteiger charge is -2.16. The van der Waals surface area contributed by atoms with Gasteiger partial charge >= 0.3 is 0 Å². The fraction of sp³-hybridized carbons (Fsp3) is 0.467. The van der Waals surface area contributed by atoms with Crippen molar-refractivity contribution in [3.8, 4) is 11.8 Å². The fourth-order valence-electron chi connectivity index (χ4n) is 1.88. The summed E-state index contributed by atoms with van der Waals surface area (Å²) >= 11 is 0. The number of nitrogens with one attached hydrogen (secondary N) is 2. The number of hydrogen-bond donors (Lipinski definition) is 3. The maximum absolute atomic E-state index is 11.6. The van der Waals surface area contributed by atoms with Gasteiger partial charge in [0.15, 0.2) is 0 Å². The maximum atomic E-state index is 11.6. The number of nitrogens with zero attached hydrogens (tertiary/aromatic N) is 1. The molecule has 1 atom stereocenters. The van der Waals surface area contributed by atoms with Crippen LogP contribution in [0.2, 0.25) is 0 Å². The number of benzene rings is 1. The van der Waals surface area contributed by atoms with Crippen LogP contribution in [0.3, 0.4) is 0 Å². The van der Waals surface area contributed by atoms with E-state index in [2.05, 4.69) is 16.7 Å². The molecule has 0 heterocycles. The molecule has 5 nitrogen and oxygen atoms in total. The number of carbonyl (C=O) groups is 1. The molecule has 1 amide bonds. The van der Waals surface area contributed by atoms with E-state index in [4.69, 9.17) is 5.26 Å². The third kappa shape index (κ3) is 4.90. The standard InChI is InChI=1S/C15H21N3O2/c1-3-5-15(20)18-12-6-7-14(19)13(10-12)11(2)17-9-4-8-16/h6-7,10-11,17,19H,3-5,9H2,1-2H3,(H,18,20). The molecule has 108 valence electrons. The van der Waals surface area contributed by atoms with Gasteiger partial charge < -0.3 is 15.7 Å². The molecule has 0 saturated heterocycles. The van der Waals surface area contributed by atoms with Gasteiger partial charge in [0, 0.05) is 36.7 Å². The Labute approximate surface area is 119 Å². The first kappa shape index (κ1) is 16.0. The van der Waals surface area contributed by atoms with E-state index in [1.54, 1.807) is 18.2 Å². The minimum atomic E-state index is -0.0913. The van der Waals surface area contributed by atoms with E-state index in [0.717, 1.165) is 6.42 Å². The number of amides is 1. The Morgan fingerprint density at radius 2 is 2.25 bits per heavy atom. The summed E-state index contributed by atoms with van der Waals surface area (Å²) in [6, 6.07) is 6.97. The molecule has 3 N–H and O–H groups in total. The van der Waals surface area contributed by atoms with Gasteiger partial charge in [-0.25, -0.2) is 0 Å². The van der Waals surface area contributed by atoms with Gasteiger partial charge in [-0.05, 0) is 31.5 Å². The Morgan fingerprint density at radius 1 is 1.50 bits per heavy atom. The normalized spacial score (nSPS) is 11.7. The molecule has 0 aliphatic rings. The number of phenolic OH excluding ortho intramolecular Hbond substituents is 1. The second-order valence-electron chi connectivity index (χ2n) is 4.66. The van der Waals surface area contributed by atoms with Crippen LogP contribution in [0.15, 0.2) is 18.2 Å². The van der Waals surface area contributed by atoms with Crippen molar-refractivity contribution in [3.05, 3.63) is 23.8 Å². The first-order valence-electron chi connectivity index (χ1n) is 6.81. The molecule has 0 radical (unpaired) electrons. The highest BCUT2D eigenvalue weighted by Gasteiger charge is 2.11. The Hall–Kier alpha value is -2.06. The molecule has 1 rings (SSSR count).